The van der Waals surface area contributed by atoms with Crippen molar-refractivity contribution in [1.82, 2.24) is 15.1 Å². The monoisotopic (exact) mass is 473 g/mol. The second kappa shape index (κ2) is 9.52. The number of rotatable bonds is 6. The van der Waals surface area contributed by atoms with Crippen molar-refractivity contribution in [1.29, 1.82) is 0 Å². The number of morpholine rings is 1. The molecule has 2 fully saturated rings. The predicted molar refractivity (Wildman–Crippen MR) is 119 cm³/mol. The van der Waals surface area contributed by atoms with Crippen molar-refractivity contribution < 1.29 is 36.5 Å². The first-order valence-electron chi connectivity index (χ1n) is 13.8. The lowest BCUT2D eigenvalue weighted by Gasteiger charge is -2.29. The highest BCUT2D eigenvalue weighted by Crippen LogP contribution is 2.34. The lowest BCUT2D eigenvalue weighted by molar-refractivity contribution is -0.136. The molecule has 2 aromatic rings. The van der Waals surface area contributed by atoms with Crippen molar-refractivity contribution in [3.8, 4) is 5.75 Å². The van der Waals surface area contributed by atoms with Crippen LogP contribution in [0.4, 0.5) is 4.39 Å². The Morgan fingerprint density at radius 2 is 2.03 bits per heavy atom. The molecule has 3 aliphatic heterocycles. The minimum atomic E-state index is -3.11. The molecule has 34 heavy (non-hydrogen) atoms. The second-order valence-electron chi connectivity index (χ2n) is 8.11. The number of nitrogens with one attached hydrogen (secondary N) is 1. The van der Waals surface area contributed by atoms with E-state index in [9.17, 15) is 14.4 Å². The topological polar surface area (TPSA) is 88.2 Å². The first-order valence-corrected chi connectivity index (χ1v) is 10.8. The van der Waals surface area contributed by atoms with Crippen LogP contribution in [0.1, 0.15) is 48.0 Å². The van der Waals surface area contributed by atoms with E-state index in [1.807, 2.05) is 0 Å². The van der Waals surface area contributed by atoms with E-state index in [0.29, 0.717) is 38.4 Å². The SMILES string of the molecule is [2H]C([2H])(Oc1cccc2c1CN([C@@H]1C(=O)NC(=O)C([2H])([2H])C1([2H])[2H])C2=O)c1ccc(CN2CCOCC2)cc1F. The summed E-state index contributed by atoms with van der Waals surface area (Å²) in [5, 5.41) is 1.78. The minimum Gasteiger partial charge on any atom is -0.488 e. The Balaban J connectivity index is 1.39. The predicted octanol–water partition coefficient (Wildman–Crippen LogP) is 2.00. The molecule has 9 heteroatoms. The molecule has 3 aliphatic rings. The average molecular weight is 474 g/mol. The number of halogens is 1. The van der Waals surface area contributed by atoms with Crippen LogP contribution >= 0.6 is 0 Å². The molecule has 0 saturated carbocycles. The van der Waals surface area contributed by atoms with Gasteiger partial charge < -0.3 is 14.4 Å². The normalized spacial score (nSPS) is 26.9. The number of amides is 3. The fourth-order valence-electron chi connectivity index (χ4n) is 4.13. The number of carbonyl (C=O) groups excluding carboxylic acids is 3. The Labute approximate surface area is 205 Å². The van der Waals surface area contributed by atoms with E-state index in [0.717, 1.165) is 4.90 Å². The molecule has 8 nitrogen and oxygen atoms in total. The summed E-state index contributed by atoms with van der Waals surface area (Å²) in [6.45, 7) is -0.0588. The zero-order valence-corrected chi connectivity index (χ0v) is 18.1. The highest BCUT2D eigenvalue weighted by atomic mass is 19.1. The number of carbonyl (C=O) groups is 3. The smallest absolute Gasteiger partial charge is 0.255 e. The van der Waals surface area contributed by atoms with Gasteiger partial charge >= 0.3 is 0 Å². The second-order valence-corrected chi connectivity index (χ2v) is 8.11. The zero-order valence-electron chi connectivity index (χ0n) is 24.1. The fourth-order valence-corrected chi connectivity index (χ4v) is 4.13. The van der Waals surface area contributed by atoms with E-state index in [1.54, 1.807) is 11.4 Å². The quantitative estimate of drug-likeness (QED) is 0.646. The first-order chi connectivity index (χ1) is 18.7. The van der Waals surface area contributed by atoms with Crippen LogP contribution in [0.2, 0.25) is 0 Å². The Kier molecular flexibility index (Phi) is 4.58. The van der Waals surface area contributed by atoms with Gasteiger partial charge in [0.1, 0.15) is 24.2 Å². The molecule has 0 unspecified atom stereocenters. The van der Waals surface area contributed by atoms with Crippen LogP contribution in [-0.4, -0.2) is 59.9 Å². The number of hydrogen-bond donors (Lipinski definition) is 1. The number of piperidine rings is 1. The Bertz CT molecular complexity index is 1380. The number of benzene rings is 2. The summed E-state index contributed by atoms with van der Waals surface area (Å²) >= 11 is 0. The number of imide groups is 1. The third kappa shape index (κ3) is 4.53. The number of hydrogen-bond acceptors (Lipinski definition) is 6. The lowest BCUT2D eigenvalue weighted by atomic mass is 10.0. The summed E-state index contributed by atoms with van der Waals surface area (Å²) in [5.74, 6) is -4.40. The molecule has 0 spiro atoms. The molecule has 0 aliphatic carbocycles. The summed E-state index contributed by atoms with van der Waals surface area (Å²) in [6.07, 6.45) is -6.17. The summed E-state index contributed by atoms with van der Waals surface area (Å²) < 4.78 is 75.1. The van der Waals surface area contributed by atoms with Crippen LogP contribution < -0.4 is 10.1 Å². The molecule has 0 radical (unpaired) electrons. The highest BCUT2D eigenvalue weighted by molar-refractivity contribution is 6.05. The van der Waals surface area contributed by atoms with Crippen molar-refractivity contribution >= 4 is 17.7 Å². The molecule has 0 aromatic heterocycles. The van der Waals surface area contributed by atoms with Gasteiger partial charge in [-0.05, 0) is 30.1 Å². The van der Waals surface area contributed by atoms with Gasteiger partial charge in [-0.25, -0.2) is 4.39 Å². The largest absolute Gasteiger partial charge is 0.488 e. The van der Waals surface area contributed by atoms with Crippen LogP contribution in [0, 0.1) is 5.82 Å². The number of fused-ring (bicyclic) bond motifs is 1. The van der Waals surface area contributed by atoms with Crippen LogP contribution in [0.15, 0.2) is 36.4 Å². The molecule has 3 heterocycles. The average Bonchev–Trinajstić information content (AvgIpc) is 3.20. The standard InChI is InChI=1S/C25H26FN3O5/c26-20-12-16(13-28-8-10-33-11-9-28)4-5-17(20)15-34-22-3-1-2-18-19(22)14-29(25(18)32)21-6-7-23(30)27-24(21)31/h1-5,12,21H,6-11,13-15H2,(H,27,30,31)/t21-/m0/s1/i6D2,7D2,15D2. The molecule has 178 valence electrons. The van der Waals surface area contributed by atoms with Gasteiger partial charge in [-0.2, -0.15) is 0 Å². The lowest BCUT2D eigenvalue weighted by Crippen LogP contribution is -2.52. The van der Waals surface area contributed by atoms with Crippen molar-refractivity contribution in [2.75, 3.05) is 26.3 Å². The molecule has 5 rings (SSSR count). The Morgan fingerprint density at radius 1 is 1.21 bits per heavy atom. The maximum atomic E-state index is 15.1. The zero-order chi connectivity index (χ0) is 29.0. The van der Waals surface area contributed by atoms with E-state index in [2.05, 4.69) is 4.90 Å². The van der Waals surface area contributed by atoms with Gasteiger partial charge in [0.2, 0.25) is 11.8 Å². The maximum Gasteiger partial charge on any atom is 0.255 e. The van der Waals surface area contributed by atoms with Crippen LogP contribution in [-0.2, 0) is 34.0 Å². The van der Waals surface area contributed by atoms with Gasteiger partial charge in [-0.1, -0.05) is 18.2 Å². The molecule has 2 saturated heterocycles. The van der Waals surface area contributed by atoms with Crippen molar-refractivity contribution in [3.63, 3.8) is 0 Å². The number of ether oxygens (including phenoxy) is 2. The molecule has 2 aromatic carbocycles. The molecule has 0 bridgehead atoms. The Morgan fingerprint density at radius 3 is 2.82 bits per heavy atom. The van der Waals surface area contributed by atoms with E-state index >= 15 is 4.39 Å². The van der Waals surface area contributed by atoms with Gasteiger partial charge in [0.25, 0.3) is 5.91 Å². The first kappa shape index (κ1) is 16.3. The van der Waals surface area contributed by atoms with E-state index in [-0.39, 0.29) is 22.4 Å². The van der Waals surface area contributed by atoms with E-state index in [4.69, 9.17) is 17.7 Å². The summed E-state index contributed by atoms with van der Waals surface area (Å²) in [6, 6.07) is 6.28. The molecular formula is C25H26FN3O5. The fraction of sp³-hybridized carbons (Fsp3) is 0.400. The Hall–Kier alpha value is -3.30. The van der Waals surface area contributed by atoms with Crippen molar-refractivity contribution in [2.45, 2.75) is 38.4 Å². The summed E-state index contributed by atoms with van der Waals surface area (Å²) in [5.41, 5.74) is 0.378. The molecule has 1 N–H and O–H groups in total. The van der Waals surface area contributed by atoms with Crippen LogP contribution in [0.25, 0.3) is 0 Å². The van der Waals surface area contributed by atoms with E-state index in [1.165, 1.54) is 30.3 Å². The van der Waals surface area contributed by atoms with Gasteiger partial charge in [-0.3, -0.25) is 24.6 Å². The van der Waals surface area contributed by atoms with Gasteiger partial charge in [-0.15, -0.1) is 0 Å². The third-order valence-electron chi connectivity index (χ3n) is 5.89. The minimum absolute atomic E-state index is 0.0179. The highest BCUT2D eigenvalue weighted by Gasteiger charge is 2.40. The van der Waals surface area contributed by atoms with Crippen LogP contribution in [0.5, 0.6) is 5.75 Å². The van der Waals surface area contributed by atoms with Gasteiger partial charge in [0, 0.05) is 48.2 Å². The maximum absolute atomic E-state index is 15.1. The van der Waals surface area contributed by atoms with Crippen molar-refractivity contribution in [3.05, 3.63) is 64.5 Å². The number of nitrogens with zero attached hydrogens (tertiary/aromatic N) is 2. The van der Waals surface area contributed by atoms with Gasteiger partial charge in [0.15, 0.2) is 0 Å². The van der Waals surface area contributed by atoms with E-state index < -0.39 is 55.4 Å². The summed E-state index contributed by atoms with van der Waals surface area (Å²) in [4.78, 5) is 40.6. The van der Waals surface area contributed by atoms with Crippen molar-refractivity contribution in [2.24, 2.45) is 0 Å². The molecule has 1 atom stereocenters. The molecular weight excluding hydrogens is 441 g/mol. The van der Waals surface area contributed by atoms with Crippen LogP contribution in [0.3, 0.4) is 0 Å². The third-order valence-corrected chi connectivity index (χ3v) is 5.89. The van der Waals surface area contributed by atoms with Gasteiger partial charge in [0.05, 0.1) is 22.5 Å². The summed E-state index contributed by atoms with van der Waals surface area (Å²) in [7, 11) is 0. The molecule has 3 amide bonds.